The first-order valence-electron chi connectivity index (χ1n) is 4.15. The Bertz CT molecular complexity index is 75.4. The second-order valence-electron chi connectivity index (χ2n) is 2.40. The summed E-state index contributed by atoms with van der Waals surface area (Å²) in [4.78, 5) is 0. The molecule has 0 radical (unpaired) electrons. The van der Waals surface area contributed by atoms with Crippen LogP contribution in [0.25, 0.3) is 0 Å². The highest BCUT2D eigenvalue weighted by atomic mass is 16.7. The van der Waals surface area contributed by atoms with E-state index in [4.69, 9.17) is 14.6 Å². The van der Waals surface area contributed by atoms with Crippen LogP contribution in [0.4, 0.5) is 0 Å². The summed E-state index contributed by atoms with van der Waals surface area (Å²) in [5, 5.41) is 9.14. The molecule has 0 fully saturated rings. The van der Waals surface area contributed by atoms with E-state index in [1.54, 1.807) is 6.92 Å². The number of aliphatic hydroxyl groups excluding tert-OH is 1. The zero-order valence-electron chi connectivity index (χ0n) is 7.54. The highest BCUT2D eigenvalue weighted by Gasteiger charge is 2.07. The lowest BCUT2D eigenvalue weighted by atomic mass is 10.3. The number of rotatable bonds is 6. The van der Waals surface area contributed by atoms with Crippen molar-refractivity contribution in [1.82, 2.24) is 0 Å². The van der Waals surface area contributed by atoms with Gasteiger partial charge in [0.15, 0.2) is 12.6 Å². The van der Waals surface area contributed by atoms with Gasteiger partial charge in [0.25, 0.3) is 0 Å². The molecule has 0 spiro atoms. The molecule has 0 aromatic heterocycles. The molecular weight excluding hydrogens is 144 g/mol. The van der Waals surface area contributed by atoms with Gasteiger partial charge in [-0.2, -0.15) is 0 Å². The van der Waals surface area contributed by atoms with E-state index in [9.17, 15) is 0 Å². The third kappa shape index (κ3) is 6.28. The number of ether oxygens (including phenoxy) is 2. The molecule has 3 nitrogen and oxygen atoms in total. The molecule has 0 aromatic carbocycles. The molecule has 1 N–H and O–H groups in total. The minimum absolute atomic E-state index is 0.304. The number of hydrogen-bond donors (Lipinski definition) is 1. The summed E-state index contributed by atoms with van der Waals surface area (Å²) < 4.78 is 10.1. The molecule has 3 heteroatoms. The zero-order valence-corrected chi connectivity index (χ0v) is 7.54. The summed E-state index contributed by atoms with van der Waals surface area (Å²) in [7, 11) is 0. The summed E-state index contributed by atoms with van der Waals surface area (Å²) in [6.45, 7) is 6.28. The third-order valence-corrected chi connectivity index (χ3v) is 1.29. The Hall–Kier alpha value is -0.120. The summed E-state index contributed by atoms with van der Waals surface area (Å²) in [6, 6.07) is 0. The van der Waals surface area contributed by atoms with Crippen molar-refractivity contribution < 1.29 is 14.6 Å². The van der Waals surface area contributed by atoms with E-state index in [0.29, 0.717) is 13.0 Å². The standard InChI is InChI=1S/C8H18O3/c1-4-6-8(9)11-7(3)10-5-2/h7-9H,4-6H2,1-3H3/t7?,8-/m0/s1. The molecule has 11 heavy (non-hydrogen) atoms. The van der Waals surface area contributed by atoms with Gasteiger partial charge in [-0.05, 0) is 20.3 Å². The van der Waals surface area contributed by atoms with Gasteiger partial charge in [0.05, 0.1) is 0 Å². The van der Waals surface area contributed by atoms with Gasteiger partial charge in [0.2, 0.25) is 0 Å². The fourth-order valence-corrected chi connectivity index (χ4v) is 0.810. The van der Waals surface area contributed by atoms with Crippen molar-refractivity contribution in [2.45, 2.75) is 46.2 Å². The normalized spacial score (nSPS) is 16.4. The van der Waals surface area contributed by atoms with E-state index in [2.05, 4.69) is 0 Å². The predicted molar refractivity (Wildman–Crippen MR) is 43.1 cm³/mol. The van der Waals surface area contributed by atoms with Crippen molar-refractivity contribution in [1.29, 1.82) is 0 Å². The van der Waals surface area contributed by atoms with Crippen LogP contribution in [0.5, 0.6) is 0 Å². The van der Waals surface area contributed by atoms with E-state index in [0.717, 1.165) is 6.42 Å². The van der Waals surface area contributed by atoms with E-state index >= 15 is 0 Å². The van der Waals surface area contributed by atoms with Crippen molar-refractivity contribution in [2.24, 2.45) is 0 Å². The maximum Gasteiger partial charge on any atom is 0.157 e. The highest BCUT2D eigenvalue weighted by Crippen LogP contribution is 2.02. The second-order valence-corrected chi connectivity index (χ2v) is 2.40. The first-order valence-corrected chi connectivity index (χ1v) is 4.15. The maximum atomic E-state index is 9.14. The van der Waals surface area contributed by atoms with E-state index in [1.807, 2.05) is 13.8 Å². The van der Waals surface area contributed by atoms with Crippen LogP contribution in [0, 0.1) is 0 Å². The van der Waals surface area contributed by atoms with Crippen LogP contribution in [0.2, 0.25) is 0 Å². The Kier molecular flexibility index (Phi) is 6.51. The average Bonchev–Trinajstić information content (AvgIpc) is 1.87. The molecule has 1 unspecified atom stereocenters. The number of hydrogen-bond acceptors (Lipinski definition) is 3. The molecule has 2 atom stereocenters. The average molecular weight is 162 g/mol. The van der Waals surface area contributed by atoms with Crippen molar-refractivity contribution in [2.75, 3.05) is 6.61 Å². The molecule has 0 amide bonds. The third-order valence-electron chi connectivity index (χ3n) is 1.29. The molecule has 68 valence electrons. The monoisotopic (exact) mass is 162 g/mol. The summed E-state index contributed by atoms with van der Waals surface area (Å²) in [5.74, 6) is 0. The Morgan fingerprint density at radius 3 is 2.45 bits per heavy atom. The van der Waals surface area contributed by atoms with Gasteiger partial charge in [-0.15, -0.1) is 0 Å². The quantitative estimate of drug-likeness (QED) is 0.601. The van der Waals surface area contributed by atoms with Crippen molar-refractivity contribution in [3.05, 3.63) is 0 Å². The van der Waals surface area contributed by atoms with Gasteiger partial charge in [-0.3, -0.25) is 0 Å². The molecule has 0 rings (SSSR count). The lowest BCUT2D eigenvalue weighted by molar-refractivity contribution is -0.220. The van der Waals surface area contributed by atoms with Gasteiger partial charge in [0, 0.05) is 6.61 Å². The van der Waals surface area contributed by atoms with Crippen molar-refractivity contribution >= 4 is 0 Å². The molecule has 0 aliphatic heterocycles. The van der Waals surface area contributed by atoms with Crippen LogP contribution in [0.1, 0.15) is 33.6 Å². The fourth-order valence-electron chi connectivity index (χ4n) is 0.810. The highest BCUT2D eigenvalue weighted by molar-refractivity contribution is 4.40. The maximum absolute atomic E-state index is 9.14. The largest absolute Gasteiger partial charge is 0.368 e. The van der Waals surface area contributed by atoms with Crippen LogP contribution < -0.4 is 0 Å². The van der Waals surface area contributed by atoms with Crippen LogP contribution in [-0.4, -0.2) is 24.3 Å². The molecule has 0 saturated carbocycles. The molecule has 0 heterocycles. The van der Waals surface area contributed by atoms with Crippen molar-refractivity contribution in [3.8, 4) is 0 Å². The van der Waals surface area contributed by atoms with Gasteiger partial charge in [-0.1, -0.05) is 13.3 Å². The van der Waals surface area contributed by atoms with Gasteiger partial charge >= 0.3 is 0 Å². The second kappa shape index (κ2) is 6.58. The summed E-state index contributed by atoms with van der Waals surface area (Å²) >= 11 is 0. The first-order chi connectivity index (χ1) is 5.20. The van der Waals surface area contributed by atoms with Crippen LogP contribution in [0.15, 0.2) is 0 Å². The molecule has 0 aliphatic carbocycles. The van der Waals surface area contributed by atoms with Crippen molar-refractivity contribution in [3.63, 3.8) is 0 Å². The van der Waals surface area contributed by atoms with Gasteiger partial charge in [0.1, 0.15) is 0 Å². The minimum Gasteiger partial charge on any atom is -0.368 e. The Balaban J connectivity index is 3.32. The van der Waals surface area contributed by atoms with Crippen LogP contribution >= 0.6 is 0 Å². The molecule has 0 bridgehead atoms. The molecule has 0 aromatic rings. The van der Waals surface area contributed by atoms with Gasteiger partial charge in [-0.25, -0.2) is 0 Å². The first kappa shape index (κ1) is 10.9. The van der Waals surface area contributed by atoms with E-state index < -0.39 is 6.29 Å². The molecule has 0 aliphatic rings. The number of aliphatic hydroxyl groups is 1. The topological polar surface area (TPSA) is 38.7 Å². The van der Waals surface area contributed by atoms with Crippen LogP contribution in [-0.2, 0) is 9.47 Å². The summed E-state index contributed by atoms with van der Waals surface area (Å²) in [6.07, 6.45) is 0.598. The Morgan fingerprint density at radius 2 is 2.00 bits per heavy atom. The van der Waals surface area contributed by atoms with Gasteiger partial charge < -0.3 is 14.6 Å². The minimum atomic E-state index is -0.679. The van der Waals surface area contributed by atoms with Crippen LogP contribution in [0.3, 0.4) is 0 Å². The predicted octanol–water partition coefficient (Wildman–Crippen LogP) is 1.50. The molecular formula is C8H18O3. The zero-order chi connectivity index (χ0) is 8.69. The summed E-state index contributed by atoms with van der Waals surface area (Å²) in [5.41, 5.74) is 0. The lowest BCUT2D eigenvalue weighted by Gasteiger charge is -2.16. The lowest BCUT2D eigenvalue weighted by Crippen LogP contribution is -2.21. The van der Waals surface area contributed by atoms with E-state index in [-0.39, 0.29) is 6.29 Å². The SMILES string of the molecule is CCC[C@@H](O)OC(C)OCC. The Labute approximate surface area is 68.3 Å². The fraction of sp³-hybridized carbons (Fsp3) is 1.00. The Morgan fingerprint density at radius 1 is 1.36 bits per heavy atom. The molecule has 0 saturated heterocycles. The smallest absolute Gasteiger partial charge is 0.157 e. The van der Waals surface area contributed by atoms with E-state index in [1.165, 1.54) is 0 Å².